The summed E-state index contributed by atoms with van der Waals surface area (Å²) in [6.07, 6.45) is 6.57. The number of nitrogens with zero attached hydrogens (tertiary/aromatic N) is 3. The molecule has 0 amide bonds. The Morgan fingerprint density at radius 3 is 2.61 bits per heavy atom. The molecule has 3 N–H and O–H groups in total. The molecule has 100 valence electrons. The first-order valence-electron chi connectivity index (χ1n) is 6.33. The largest absolute Gasteiger partial charge is 0.356 e. The first kappa shape index (κ1) is 13.5. The smallest absolute Gasteiger partial charge is 0.159 e. The normalized spacial score (nSPS) is 23.8. The van der Waals surface area contributed by atoms with E-state index in [-0.39, 0.29) is 0 Å². The molecule has 2 rings (SSSR count). The minimum Gasteiger partial charge on any atom is -0.356 e. The van der Waals surface area contributed by atoms with Crippen LogP contribution in [-0.2, 0) is 0 Å². The van der Waals surface area contributed by atoms with Gasteiger partial charge in [0.2, 0.25) is 0 Å². The number of hydrogen-bond donors (Lipinski definition) is 2. The predicted octanol–water partition coefficient (Wildman–Crippen LogP) is 2.54. The lowest BCUT2D eigenvalue weighted by Gasteiger charge is -2.34. The number of hydrogen-bond acceptors (Lipinski definition) is 5. The summed E-state index contributed by atoms with van der Waals surface area (Å²) < 4.78 is 0.827. The highest BCUT2D eigenvalue weighted by molar-refractivity contribution is 9.10. The summed E-state index contributed by atoms with van der Waals surface area (Å²) in [6, 6.07) is 0.554. The first-order valence-corrected chi connectivity index (χ1v) is 7.12. The van der Waals surface area contributed by atoms with Gasteiger partial charge in [-0.1, -0.05) is 6.92 Å². The molecule has 18 heavy (non-hydrogen) atoms. The van der Waals surface area contributed by atoms with Gasteiger partial charge in [0.05, 0.1) is 0 Å². The molecule has 0 radical (unpaired) electrons. The van der Waals surface area contributed by atoms with Crippen molar-refractivity contribution in [3.8, 4) is 0 Å². The quantitative estimate of drug-likeness (QED) is 0.663. The van der Waals surface area contributed by atoms with E-state index in [4.69, 9.17) is 5.84 Å². The second kappa shape index (κ2) is 5.84. The van der Waals surface area contributed by atoms with Gasteiger partial charge in [0, 0.05) is 13.1 Å². The van der Waals surface area contributed by atoms with Crippen molar-refractivity contribution in [1.82, 2.24) is 9.97 Å². The molecule has 0 unspecified atom stereocenters. The zero-order valence-electron chi connectivity index (χ0n) is 10.9. The van der Waals surface area contributed by atoms with E-state index in [1.807, 2.05) is 0 Å². The fourth-order valence-corrected chi connectivity index (χ4v) is 3.11. The van der Waals surface area contributed by atoms with Gasteiger partial charge in [-0.3, -0.25) is 0 Å². The maximum atomic E-state index is 5.43. The zero-order valence-corrected chi connectivity index (χ0v) is 12.4. The lowest BCUT2D eigenvalue weighted by Crippen LogP contribution is -2.35. The van der Waals surface area contributed by atoms with Crippen molar-refractivity contribution in [3.05, 3.63) is 10.8 Å². The fourth-order valence-electron chi connectivity index (χ4n) is 2.51. The molecule has 0 aromatic carbocycles. The number of nitrogens with one attached hydrogen (secondary N) is 1. The molecule has 1 saturated carbocycles. The van der Waals surface area contributed by atoms with Crippen molar-refractivity contribution < 1.29 is 0 Å². The molecule has 5 nitrogen and oxygen atoms in total. The molecule has 0 atom stereocenters. The number of halogens is 1. The molecule has 0 spiro atoms. The Balaban J connectivity index is 2.15. The van der Waals surface area contributed by atoms with Crippen LogP contribution in [0, 0.1) is 5.92 Å². The molecule has 6 heteroatoms. The van der Waals surface area contributed by atoms with Crippen molar-refractivity contribution >= 4 is 27.6 Å². The lowest BCUT2D eigenvalue weighted by molar-refractivity contribution is 0.340. The van der Waals surface area contributed by atoms with E-state index in [1.165, 1.54) is 32.0 Å². The molecule has 1 fully saturated rings. The topological polar surface area (TPSA) is 67.1 Å². The second-order valence-corrected chi connectivity index (χ2v) is 5.82. The molecule has 1 aromatic heterocycles. The minimum atomic E-state index is 0.554. The van der Waals surface area contributed by atoms with Gasteiger partial charge in [0.1, 0.15) is 16.6 Å². The molecule has 1 aliphatic carbocycles. The van der Waals surface area contributed by atoms with Crippen LogP contribution in [0.3, 0.4) is 0 Å². The van der Waals surface area contributed by atoms with Gasteiger partial charge in [-0.25, -0.2) is 15.8 Å². The summed E-state index contributed by atoms with van der Waals surface area (Å²) in [6.45, 7) is 2.33. The first-order chi connectivity index (χ1) is 8.63. The Morgan fingerprint density at radius 1 is 1.33 bits per heavy atom. The Hall–Kier alpha value is -0.880. The van der Waals surface area contributed by atoms with Crippen molar-refractivity contribution in [2.24, 2.45) is 11.8 Å². The highest BCUT2D eigenvalue weighted by Gasteiger charge is 2.24. The highest BCUT2D eigenvalue weighted by atomic mass is 79.9. The number of nitrogen functional groups attached to an aromatic ring is 1. The molecule has 0 bridgehead atoms. The molecule has 1 aliphatic rings. The number of rotatable bonds is 3. The average Bonchev–Trinajstić information content (AvgIpc) is 2.39. The number of nitrogens with two attached hydrogens (primary N) is 1. The van der Waals surface area contributed by atoms with Crippen LogP contribution in [0.4, 0.5) is 11.6 Å². The summed E-state index contributed by atoms with van der Waals surface area (Å²) in [5, 5.41) is 0. The molecular formula is C12H20BrN5. The molecule has 0 saturated heterocycles. The van der Waals surface area contributed by atoms with E-state index in [9.17, 15) is 0 Å². The Bertz CT molecular complexity index is 403. The van der Waals surface area contributed by atoms with Crippen LogP contribution in [0.25, 0.3) is 0 Å². The maximum Gasteiger partial charge on any atom is 0.159 e. The van der Waals surface area contributed by atoms with Gasteiger partial charge < -0.3 is 10.3 Å². The van der Waals surface area contributed by atoms with Gasteiger partial charge in [0.25, 0.3) is 0 Å². The van der Waals surface area contributed by atoms with Crippen LogP contribution in [0.5, 0.6) is 0 Å². The van der Waals surface area contributed by atoms with Crippen LogP contribution >= 0.6 is 15.9 Å². The Kier molecular flexibility index (Phi) is 4.40. The van der Waals surface area contributed by atoms with Gasteiger partial charge in [0.15, 0.2) is 5.82 Å². The van der Waals surface area contributed by atoms with Gasteiger partial charge in [-0.05, 0) is 47.5 Å². The lowest BCUT2D eigenvalue weighted by atomic mass is 9.87. The second-order valence-electron chi connectivity index (χ2n) is 5.03. The predicted molar refractivity (Wildman–Crippen MR) is 77.4 cm³/mol. The minimum absolute atomic E-state index is 0.554. The van der Waals surface area contributed by atoms with E-state index in [0.29, 0.717) is 11.9 Å². The Labute approximate surface area is 116 Å². The summed E-state index contributed by atoms with van der Waals surface area (Å²) in [7, 11) is 2.09. The summed E-state index contributed by atoms with van der Waals surface area (Å²) >= 11 is 3.51. The fraction of sp³-hybridized carbons (Fsp3) is 0.667. The van der Waals surface area contributed by atoms with Crippen molar-refractivity contribution in [2.75, 3.05) is 17.4 Å². The van der Waals surface area contributed by atoms with Gasteiger partial charge in [-0.2, -0.15) is 0 Å². The molecule has 1 aromatic rings. The Morgan fingerprint density at radius 2 is 2.00 bits per heavy atom. The number of anilines is 2. The molecular weight excluding hydrogens is 294 g/mol. The van der Waals surface area contributed by atoms with E-state index in [1.54, 1.807) is 0 Å². The van der Waals surface area contributed by atoms with Gasteiger partial charge >= 0.3 is 0 Å². The van der Waals surface area contributed by atoms with Crippen LogP contribution < -0.4 is 16.2 Å². The van der Waals surface area contributed by atoms with Gasteiger partial charge in [-0.15, -0.1) is 0 Å². The summed E-state index contributed by atoms with van der Waals surface area (Å²) in [5.41, 5.74) is 2.58. The van der Waals surface area contributed by atoms with Crippen LogP contribution in [0.1, 0.15) is 32.6 Å². The van der Waals surface area contributed by atoms with Crippen molar-refractivity contribution in [2.45, 2.75) is 38.6 Å². The van der Waals surface area contributed by atoms with E-state index < -0.39 is 0 Å². The number of hydrazine groups is 1. The van der Waals surface area contributed by atoms with E-state index in [0.717, 1.165) is 16.2 Å². The third kappa shape index (κ3) is 2.75. The number of aromatic nitrogens is 2. The average molecular weight is 314 g/mol. The van der Waals surface area contributed by atoms with Crippen molar-refractivity contribution in [3.63, 3.8) is 0 Å². The standard InChI is InChI=1S/C12H20BrN5/c1-8-3-5-9(6-4-8)18(2)12-10(13)11(17-14)15-7-16-12/h7-9H,3-6,14H2,1-2H3,(H,15,16,17). The SMILES string of the molecule is CC1CCC(N(C)c2ncnc(NN)c2Br)CC1. The van der Waals surface area contributed by atoms with E-state index in [2.05, 4.69) is 50.2 Å². The monoisotopic (exact) mass is 313 g/mol. The summed E-state index contributed by atoms with van der Waals surface area (Å²) in [4.78, 5) is 10.7. The van der Waals surface area contributed by atoms with E-state index >= 15 is 0 Å². The van der Waals surface area contributed by atoms with Crippen LogP contribution in [0.15, 0.2) is 10.8 Å². The third-order valence-corrected chi connectivity index (χ3v) is 4.51. The molecule has 1 heterocycles. The zero-order chi connectivity index (χ0) is 13.1. The summed E-state index contributed by atoms with van der Waals surface area (Å²) in [5.74, 6) is 7.80. The van der Waals surface area contributed by atoms with Crippen molar-refractivity contribution in [1.29, 1.82) is 0 Å². The third-order valence-electron chi connectivity index (χ3n) is 3.77. The highest BCUT2D eigenvalue weighted by Crippen LogP contribution is 2.33. The van der Waals surface area contributed by atoms with Crippen LogP contribution in [0.2, 0.25) is 0 Å². The maximum absolute atomic E-state index is 5.43. The molecule has 0 aliphatic heterocycles. The van der Waals surface area contributed by atoms with Crippen LogP contribution in [-0.4, -0.2) is 23.1 Å².